The van der Waals surface area contributed by atoms with Crippen LogP contribution in [0, 0.1) is 11.8 Å². The van der Waals surface area contributed by atoms with Crippen molar-refractivity contribution < 1.29 is 8.42 Å². The Labute approximate surface area is 116 Å². The SMILES string of the molecule is CC(CCl)CS(=O)(=O)N1CCCC2CCCCC21. The number of hydrogen-bond acceptors (Lipinski definition) is 2. The number of piperidine rings is 1. The van der Waals surface area contributed by atoms with Crippen molar-refractivity contribution in [3.63, 3.8) is 0 Å². The minimum absolute atomic E-state index is 0.0423. The zero-order chi connectivity index (χ0) is 13.2. The molecule has 0 bridgehead atoms. The van der Waals surface area contributed by atoms with Crippen molar-refractivity contribution in [2.75, 3.05) is 18.2 Å². The Bertz CT molecular complexity index is 369. The molecule has 1 saturated carbocycles. The van der Waals surface area contributed by atoms with Gasteiger partial charge in [0.2, 0.25) is 10.0 Å². The maximum absolute atomic E-state index is 12.5. The van der Waals surface area contributed by atoms with Gasteiger partial charge in [-0.3, -0.25) is 0 Å². The molecule has 1 aliphatic heterocycles. The third kappa shape index (κ3) is 3.20. The highest BCUT2D eigenvalue weighted by Crippen LogP contribution is 2.36. The van der Waals surface area contributed by atoms with Crippen LogP contribution in [-0.4, -0.2) is 36.9 Å². The van der Waals surface area contributed by atoms with Gasteiger partial charge in [-0.05, 0) is 37.5 Å². The van der Waals surface area contributed by atoms with Crippen LogP contribution in [0.1, 0.15) is 45.4 Å². The molecule has 1 heterocycles. The van der Waals surface area contributed by atoms with E-state index >= 15 is 0 Å². The smallest absolute Gasteiger partial charge is 0.212 e. The molecular formula is C13H24ClNO2S. The summed E-state index contributed by atoms with van der Waals surface area (Å²) in [7, 11) is -3.12. The molecule has 0 N–H and O–H groups in total. The zero-order valence-corrected chi connectivity index (χ0v) is 12.7. The fraction of sp³-hybridized carbons (Fsp3) is 1.00. The van der Waals surface area contributed by atoms with Crippen LogP contribution in [0.4, 0.5) is 0 Å². The Kier molecular flexibility index (Phi) is 4.95. The molecule has 0 aromatic rings. The Morgan fingerprint density at radius 3 is 2.61 bits per heavy atom. The van der Waals surface area contributed by atoms with E-state index in [1.807, 2.05) is 11.2 Å². The van der Waals surface area contributed by atoms with E-state index in [4.69, 9.17) is 11.6 Å². The molecule has 0 radical (unpaired) electrons. The summed E-state index contributed by atoms with van der Waals surface area (Å²) in [6.07, 6.45) is 6.95. The quantitative estimate of drug-likeness (QED) is 0.748. The molecule has 106 valence electrons. The number of nitrogens with zero attached hydrogens (tertiary/aromatic N) is 1. The highest BCUT2D eigenvalue weighted by molar-refractivity contribution is 7.89. The highest BCUT2D eigenvalue weighted by atomic mass is 35.5. The number of hydrogen-bond donors (Lipinski definition) is 0. The Morgan fingerprint density at radius 1 is 1.22 bits per heavy atom. The lowest BCUT2D eigenvalue weighted by molar-refractivity contribution is 0.129. The second-order valence-corrected chi connectivity index (χ2v) is 8.18. The van der Waals surface area contributed by atoms with Gasteiger partial charge >= 0.3 is 0 Å². The van der Waals surface area contributed by atoms with E-state index in [0.717, 1.165) is 19.4 Å². The Morgan fingerprint density at radius 2 is 1.89 bits per heavy atom. The molecule has 0 spiro atoms. The standard InChI is InChI=1S/C13H24ClNO2S/c1-11(9-14)10-18(16,17)15-8-4-6-12-5-2-3-7-13(12)15/h11-13H,2-10H2,1H3. The van der Waals surface area contributed by atoms with Crippen LogP contribution in [-0.2, 0) is 10.0 Å². The first-order valence-electron chi connectivity index (χ1n) is 7.10. The van der Waals surface area contributed by atoms with Crippen molar-refractivity contribution in [2.45, 2.75) is 51.5 Å². The average molecular weight is 294 g/mol. The predicted octanol–water partition coefficient (Wildman–Crippen LogP) is 2.85. The first-order valence-corrected chi connectivity index (χ1v) is 9.24. The lowest BCUT2D eigenvalue weighted by Gasteiger charge is -2.43. The van der Waals surface area contributed by atoms with Crippen molar-refractivity contribution in [3.8, 4) is 0 Å². The van der Waals surface area contributed by atoms with Crippen LogP contribution in [0.25, 0.3) is 0 Å². The summed E-state index contributed by atoms with van der Waals surface area (Å²) in [6, 6.07) is 0.278. The summed E-state index contributed by atoms with van der Waals surface area (Å²) in [4.78, 5) is 0. The first-order chi connectivity index (χ1) is 8.54. The van der Waals surface area contributed by atoms with Crippen molar-refractivity contribution in [2.24, 2.45) is 11.8 Å². The summed E-state index contributed by atoms with van der Waals surface area (Å²) < 4.78 is 26.8. The lowest BCUT2D eigenvalue weighted by Crippen LogP contribution is -2.50. The maximum atomic E-state index is 12.5. The predicted molar refractivity (Wildman–Crippen MR) is 75.4 cm³/mol. The van der Waals surface area contributed by atoms with Crippen LogP contribution in [0.15, 0.2) is 0 Å². The second-order valence-electron chi connectivity index (χ2n) is 5.90. The average Bonchev–Trinajstić information content (AvgIpc) is 2.37. The van der Waals surface area contributed by atoms with Crippen molar-refractivity contribution >= 4 is 21.6 Å². The van der Waals surface area contributed by atoms with Gasteiger partial charge in [0.25, 0.3) is 0 Å². The van der Waals surface area contributed by atoms with Gasteiger partial charge in [-0.15, -0.1) is 11.6 Å². The van der Waals surface area contributed by atoms with Crippen LogP contribution in [0.5, 0.6) is 0 Å². The molecule has 2 aliphatic rings. The van der Waals surface area contributed by atoms with E-state index in [1.165, 1.54) is 25.7 Å². The highest BCUT2D eigenvalue weighted by Gasteiger charge is 2.39. The van der Waals surface area contributed by atoms with E-state index in [1.54, 1.807) is 0 Å². The molecule has 3 atom stereocenters. The van der Waals surface area contributed by atoms with E-state index in [-0.39, 0.29) is 17.7 Å². The molecule has 0 aromatic heterocycles. The molecule has 1 aliphatic carbocycles. The molecule has 2 fully saturated rings. The van der Waals surface area contributed by atoms with Gasteiger partial charge < -0.3 is 0 Å². The van der Waals surface area contributed by atoms with Gasteiger partial charge in [-0.1, -0.05) is 19.8 Å². The van der Waals surface area contributed by atoms with Gasteiger partial charge in [-0.2, -0.15) is 4.31 Å². The van der Waals surface area contributed by atoms with Crippen LogP contribution >= 0.6 is 11.6 Å². The monoisotopic (exact) mass is 293 g/mol. The van der Waals surface area contributed by atoms with Crippen molar-refractivity contribution in [3.05, 3.63) is 0 Å². The van der Waals surface area contributed by atoms with Gasteiger partial charge in [0.05, 0.1) is 5.75 Å². The van der Waals surface area contributed by atoms with Gasteiger partial charge in [0.1, 0.15) is 0 Å². The van der Waals surface area contributed by atoms with E-state index < -0.39 is 10.0 Å². The number of alkyl halides is 1. The molecule has 3 nitrogen and oxygen atoms in total. The topological polar surface area (TPSA) is 37.4 Å². The minimum Gasteiger partial charge on any atom is -0.212 e. The number of fused-ring (bicyclic) bond motifs is 1. The van der Waals surface area contributed by atoms with Gasteiger partial charge in [-0.25, -0.2) is 8.42 Å². The molecule has 2 rings (SSSR count). The third-order valence-electron chi connectivity index (χ3n) is 4.31. The summed E-state index contributed by atoms with van der Waals surface area (Å²) in [5.74, 6) is 1.27. The van der Waals surface area contributed by atoms with Crippen molar-refractivity contribution in [1.82, 2.24) is 4.31 Å². The summed E-state index contributed by atoms with van der Waals surface area (Å²) in [6.45, 7) is 2.63. The van der Waals surface area contributed by atoms with E-state index in [9.17, 15) is 8.42 Å². The Hall–Kier alpha value is 0.200. The minimum atomic E-state index is -3.12. The lowest BCUT2D eigenvalue weighted by atomic mass is 9.79. The van der Waals surface area contributed by atoms with Crippen molar-refractivity contribution in [1.29, 1.82) is 0 Å². The molecule has 0 amide bonds. The molecule has 1 saturated heterocycles. The fourth-order valence-electron chi connectivity index (χ4n) is 3.42. The molecular weight excluding hydrogens is 270 g/mol. The fourth-order valence-corrected chi connectivity index (χ4v) is 5.79. The van der Waals surface area contributed by atoms with Crippen LogP contribution in [0.2, 0.25) is 0 Å². The molecule has 18 heavy (non-hydrogen) atoms. The first kappa shape index (κ1) is 14.6. The number of rotatable bonds is 4. The molecule has 3 unspecified atom stereocenters. The van der Waals surface area contributed by atoms with Gasteiger partial charge in [0.15, 0.2) is 0 Å². The van der Waals surface area contributed by atoms with Crippen LogP contribution < -0.4 is 0 Å². The second kappa shape index (κ2) is 6.10. The zero-order valence-electron chi connectivity index (χ0n) is 11.1. The third-order valence-corrected chi connectivity index (χ3v) is 6.99. The van der Waals surface area contributed by atoms with Crippen LogP contribution in [0.3, 0.4) is 0 Å². The summed E-state index contributed by atoms with van der Waals surface area (Å²) in [5, 5.41) is 0. The number of halogens is 1. The normalized spacial score (nSPS) is 31.9. The number of sulfonamides is 1. The van der Waals surface area contributed by atoms with Gasteiger partial charge in [0, 0.05) is 18.5 Å². The largest absolute Gasteiger partial charge is 0.214 e. The Balaban J connectivity index is 2.10. The van der Waals surface area contributed by atoms with E-state index in [2.05, 4.69) is 0 Å². The molecule has 0 aromatic carbocycles. The summed E-state index contributed by atoms with van der Waals surface area (Å²) in [5.41, 5.74) is 0. The van der Waals surface area contributed by atoms with E-state index in [0.29, 0.717) is 11.8 Å². The summed E-state index contributed by atoms with van der Waals surface area (Å²) >= 11 is 5.75. The molecule has 5 heteroatoms. The maximum Gasteiger partial charge on any atom is 0.214 e.